The van der Waals surface area contributed by atoms with Crippen molar-refractivity contribution in [2.24, 2.45) is 5.41 Å². The van der Waals surface area contributed by atoms with Crippen LogP contribution in [-0.2, 0) is 10.0 Å². The maximum absolute atomic E-state index is 12.6. The van der Waals surface area contributed by atoms with Gasteiger partial charge in [-0.3, -0.25) is 0 Å². The van der Waals surface area contributed by atoms with Gasteiger partial charge in [-0.25, -0.2) is 13.4 Å². The van der Waals surface area contributed by atoms with Gasteiger partial charge in [0.15, 0.2) is 5.03 Å². The van der Waals surface area contributed by atoms with Crippen LogP contribution >= 0.6 is 0 Å². The fraction of sp³-hybridized carbons (Fsp3) is 0.786. The number of H-pyrrole nitrogens is 1. The molecule has 1 aliphatic rings. The summed E-state index contributed by atoms with van der Waals surface area (Å²) >= 11 is 0. The van der Waals surface area contributed by atoms with E-state index in [2.05, 4.69) is 9.97 Å². The molecule has 120 valence electrons. The standard InChI is InChI=1S/C14H25N3O3S/c1-4-14(10-18)5-7-17(8-6-14)21(19,20)12-9-15-13(16-12)11(2)3/h9,11,18H,4-8,10H2,1-3H3,(H,15,16). The minimum atomic E-state index is -3.51. The van der Waals surface area contributed by atoms with Gasteiger partial charge in [-0.05, 0) is 24.7 Å². The Labute approximate surface area is 126 Å². The quantitative estimate of drug-likeness (QED) is 0.866. The maximum Gasteiger partial charge on any atom is 0.260 e. The number of rotatable bonds is 5. The van der Waals surface area contributed by atoms with Gasteiger partial charge in [-0.2, -0.15) is 4.31 Å². The first-order valence-corrected chi connectivity index (χ1v) is 8.94. The van der Waals surface area contributed by atoms with E-state index in [1.54, 1.807) is 0 Å². The lowest BCUT2D eigenvalue weighted by Gasteiger charge is -2.39. The van der Waals surface area contributed by atoms with Gasteiger partial charge >= 0.3 is 0 Å². The van der Waals surface area contributed by atoms with E-state index >= 15 is 0 Å². The summed E-state index contributed by atoms with van der Waals surface area (Å²) in [6.45, 7) is 7.00. The van der Waals surface area contributed by atoms with Crippen molar-refractivity contribution in [1.29, 1.82) is 0 Å². The van der Waals surface area contributed by atoms with E-state index in [0.29, 0.717) is 31.8 Å². The van der Waals surface area contributed by atoms with E-state index < -0.39 is 10.0 Å². The minimum absolute atomic E-state index is 0.122. The zero-order valence-electron chi connectivity index (χ0n) is 13.0. The highest BCUT2D eigenvalue weighted by atomic mass is 32.2. The zero-order valence-corrected chi connectivity index (χ0v) is 13.8. The monoisotopic (exact) mass is 315 g/mol. The smallest absolute Gasteiger partial charge is 0.260 e. The third-order valence-corrected chi connectivity index (χ3v) is 6.41. The highest BCUT2D eigenvalue weighted by Gasteiger charge is 2.37. The molecule has 0 saturated carbocycles. The SMILES string of the molecule is CCC1(CO)CCN(S(=O)(=O)c2cnc(C(C)C)[nH]2)CC1. The molecule has 0 spiro atoms. The van der Waals surface area contributed by atoms with Crippen LogP contribution in [0.4, 0.5) is 0 Å². The van der Waals surface area contributed by atoms with Crippen molar-refractivity contribution in [2.75, 3.05) is 19.7 Å². The van der Waals surface area contributed by atoms with Crippen molar-refractivity contribution in [3.63, 3.8) is 0 Å². The lowest BCUT2D eigenvalue weighted by Crippen LogP contribution is -2.44. The van der Waals surface area contributed by atoms with Gasteiger partial charge in [0.05, 0.1) is 6.20 Å². The molecule has 2 rings (SSSR count). The number of nitrogens with zero attached hydrogens (tertiary/aromatic N) is 2. The van der Waals surface area contributed by atoms with Crippen molar-refractivity contribution in [1.82, 2.24) is 14.3 Å². The Morgan fingerprint density at radius 2 is 2.05 bits per heavy atom. The van der Waals surface area contributed by atoms with Crippen LogP contribution in [0.15, 0.2) is 11.2 Å². The van der Waals surface area contributed by atoms with Gasteiger partial charge in [0, 0.05) is 25.6 Å². The molecule has 1 fully saturated rings. The molecule has 1 aromatic rings. The molecule has 2 N–H and O–H groups in total. The van der Waals surface area contributed by atoms with Crippen LogP contribution in [0, 0.1) is 5.41 Å². The molecule has 0 atom stereocenters. The summed E-state index contributed by atoms with van der Waals surface area (Å²) < 4.78 is 26.7. The number of nitrogens with one attached hydrogen (secondary N) is 1. The highest BCUT2D eigenvalue weighted by molar-refractivity contribution is 7.89. The van der Waals surface area contributed by atoms with Crippen LogP contribution in [0.25, 0.3) is 0 Å². The first-order valence-electron chi connectivity index (χ1n) is 7.50. The van der Waals surface area contributed by atoms with Crippen molar-refractivity contribution in [2.45, 2.75) is 51.0 Å². The number of hydrogen-bond donors (Lipinski definition) is 2. The van der Waals surface area contributed by atoms with Crippen LogP contribution in [-0.4, -0.2) is 47.5 Å². The fourth-order valence-electron chi connectivity index (χ4n) is 2.71. The van der Waals surface area contributed by atoms with E-state index in [4.69, 9.17) is 0 Å². The van der Waals surface area contributed by atoms with E-state index in [0.717, 1.165) is 6.42 Å². The summed E-state index contributed by atoms with van der Waals surface area (Å²) in [6.07, 6.45) is 3.67. The van der Waals surface area contributed by atoms with E-state index in [1.807, 2.05) is 20.8 Å². The normalized spacial score (nSPS) is 20.0. The third-order valence-electron chi connectivity index (χ3n) is 4.61. The van der Waals surface area contributed by atoms with E-state index in [-0.39, 0.29) is 23.0 Å². The molecule has 1 aliphatic heterocycles. The van der Waals surface area contributed by atoms with Crippen molar-refractivity contribution < 1.29 is 13.5 Å². The zero-order chi connectivity index (χ0) is 15.7. The molecule has 1 aromatic heterocycles. The minimum Gasteiger partial charge on any atom is -0.396 e. The average molecular weight is 315 g/mol. The maximum atomic E-state index is 12.6. The van der Waals surface area contributed by atoms with E-state index in [9.17, 15) is 13.5 Å². The summed E-state index contributed by atoms with van der Waals surface area (Å²) in [5.41, 5.74) is -0.122. The summed E-state index contributed by atoms with van der Waals surface area (Å²) in [5.74, 6) is 0.848. The first-order chi connectivity index (χ1) is 9.84. The van der Waals surface area contributed by atoms with Crippen LogP contribution in [0.1, 0.15) is 51.8 Å². The second-order valence-electron chi connectivity index (χ2n) is 6.20. The van der Waals surface area contributed by atoms with Crippen LogP contribution in [0.2, 0.25) is 0 Å². The molecule has 6 nitrogen and oxygen atoms in total. The van der Waals surface area contributed by atoms with Crippen molar-refractivity contribution in [3.05, 3.63) is 12.0 Å². The summed E-state index contributed by atoms with van der Waals surface area (Å²) in [7, 11) is -3.51. The second kappa shape index (κ2) is 6.06. The predicted octanol–water partition coefficient (Wildman–Crippen LogP) is 1.71. The van der Waals surface area contributed by atoms with Crippen molar-refractivity contribution >= 4 is 10.0 Å². The molecule has 1 saturated heterocycles. The number of piperidine rings is 1. The van der Waals surface area contributed by atoms with Gasteiger partial charge in [0.2, 0.25) is 0 Å². The molecule has 0 aromatic carbocycles. The van der Waals surface area contributed by atoms with Gasteiger partial charge in [0.1, 0.15) is 5.82 Å². The number of aromatic amines is 1. The molecular weight excluding hydrogens is 290 g/mol. The molecular formula is C14H25N3O3S. The molecule has 2 heterocycles. The summed E-state index contributed by atoms with van der Waals surface area (Å²) in [6, 6.07) is 0. The molecule has 0 radical (unpaired) electrons. The molecule has 7 heteroatoms. The van der Waals surface area contributed by atoms with E-state index in [1.165, 1.54) is 10.5 Å². The number of sulfonamides is 1. The Bertz CT molecular complexity index is 566. The average Bonchev–Trinajstić information content (AvgIpc) is 2.98. The number of hydrogen-bond acceptors (Lipinski definition) is 4. The Balaban J connectivity index is 2.14. The number of aromatic nitrogens is 2. The molecule has 0 amide bonds. The van der Waals surface area contributed by atoms with Gasteiger partial charge < -0.3 is 10.1 Å². The third kappa shape index (κ3) is 3.14. The lowest BCUT2D eigenvalue weighted by atomic mass is 9.77. The predicted molar refractivity (Wildman–Crippen MR) is 80.5 cm³/mol. The molecule has 0 bridgehead atoms. The van der Waals surface area contributed by atoms with Gasteiger partial charge in [0.25, 0.3) is 10.0 Å². The second-order valence-corrected chi connectivity index (χ2v) is 8.11. The lowest BCUT2D eigenvalue weighted by molar-refractivity contribution is 0.0647. The number of aliphatic hydroxyl groups excluding tert-OH is 1. The van der Waals surface area contributed by atoms with Crippen LogP contribution < -0.4 is 0 Å². The Morgan fingerprint density at radius 1 is 1.43 bits per heavy atom. The first kappa shape index (κ1) is 16.5. The van der Waals surface area contributed by atoms with Crippen LogP contribution in [0.5, 0.6) is 0 Å². The number of imidazole rings is 1. The van der Waals surface area contributed by atoms with Crippen molar-refractivity contribution in [3.8, 4) is 0 Å². The Morgan fingerprint density at radius 3 is 2.48 bits per heavy atom. The fourth-order valence-corrected chi connectivity index (χ4v) is 4.07. The largest absolute Gasteiger partial charge is 0.396 e. The Kier molecular flexibility index (Phi) is 4.75. The van der Waals surface area contributed by atoms with Gasteiger partial charge in [-0.15, -0.1) is 0 Å². The van der Waals surface area contributed by atoms with Crippen LogP contribution in [0.3, 0.4) is 0 Å². The van der Waals surface area contributed by atoms with Gasteiger partial charge in [-0.1, -0.05) is 20.8 Å². The number of aliphatic hydroxyl groups is 1. The molecule has 21 heavy (non-hydrogen) atoms. The Hall–Kier alpha value is -0.920. The topological polar surface area (TPSA) is 86.3 Å². The highest BCUT2D eigenvalue weighted by Crippen LogP contribution is 2.35. The summed E-state index contributed by atoms with van der Waals surface area (Å²) in [4.78, 5) is 7.05. The molecule has 0 aliphatic carbocycles. The molecule has 0 unspecified atom stereocenters. The summed E-state index contributed by atoms with van der Waals surface area (Å²) in [5, 5.41) is 9.69.